The molecule has 0 unspecified atom stereocenters. The molecule has 0 aliphatic rings. The van der Waals surface area contributed by atoms with Crippen LogP contribution >= 0.6 is 0 Å². The van der Waals surface area contributed by atoms with E-state index in [0.717, 1.165) is 5.03 Å². The zero-order valence-corrected chi connectivity index (χ0v) is 25.5. The summed E-state index contributed by atoms with van der Waals surface area (Å²) in [4.78, 5) is 13.4. The van der Waals surface area contributed by atoms with Gasteiger partial charge in [0, 0.05) is 0 Å². The predicted molar refractivity (Wildman–Crippen MR) is 154 cm³/mol. The first-order valence-electron chi connectivity index (χ1n) is 14.8. The van der Waals surface area contributed by atoms with Gasteiger partial charge in [-0.25, -0.2) is 0 Å². The van der Waals surface area contributed by atoms with Gasteiger partial charge in [-0.15, -0.1) is 0 Å². The van der Waals surface area contributed by atoms with Crippen molar-refractivity contribution in [1.82, 2.24) is 0 Å². The maximum Gasteiger partial charge on any atom is 0.120 e. The maximum atomic E-state index is 13.4. The Morgan fingerprint density at radius 3 is 0.875 bits per heavy atom. The zero-order valence-electron chi connectivity index (χ0n) is 23.5. The Hall–Kier alpha value is 0.104. The van der Waals surface area contributed by atoms with E-state index in [1.54, 1.807) is 0 Å². The van der Waals surface area contributed by atoms with Gasteiger partial charge in [0.1, 0.15) is 16.1 Å². The van der Waals surface area contributed by atoms with E-state index in [-0.39, 0.29) is 0 Å². The second-order valence-electron chi connectivity index (χ2n) is 12.0. The topological polar surface area (TPSA) is 17.1 Å². The van der Waals surface area contributed by atoms with Crippen molar-refractivity contribution in [1.29, 1.82) is 0 Å². The lowest BCUT2D eigenvalue weighted by Crippen LogP contribution is -2.52. The van der Waals surface area contributed by atoms with Gasteiger partial charge in [-0.1, -0.05) is 181 Å². The van der Waals surface area contributed by atoms with Gasteiger partial charge in [-0.2, -0.15) is 0 Å². The average Bonchev–Trinajstić information content (AvgIpc) is 2.75. The van der Waals surface area contributed by atoms with Gasteiger partial charge in [0.2, 0.25) is 0 Å². The van der Waals surface area contributed by atoms with Crippen LogP contribution in [0, 0.1) is 0 Å². The number of hydrogen-bond acceptors (Lipinski definition) is 1. The number of carbonyl (C=O) groups excluding carboxylic acids is 1. The molecule has 0 saturated heterocycles. The van der Waals surface area contributed by atoms with Crippen LogP contribution in [0.3, 0.4) is 0 Å². The van der Waals surface area contributed by atoms with E-state index in [9.17, 15) is 4.79 Å². The lowest BCUT2D eigenvalue weighted by atomic mass is 10.1. The van der Waals surface area contributed by atoms with Gasteiger partial charge in [0.15, 0.2) is 0 Å². The Bertz CT molecular complexity index is 393. The van der Waals surface area contributed by atoms with Crippen LogP contribution in [0.15, 0.2) is 0 Å². The standard InChI is InChI=1S/C29H62OSi2/c1-7-9-11-13-15-17-19-21-23-25-27-31(3,4)29(30)32(5,6)28-26-24-22-20-18-16-14-12-10-8-2/h7-28H2,1-6H3. The molecule has 0 saturated carbocycles. The van der Waals surface area contributed by atoms with Crippen molar-refractivity contribution >= 4 is 21.2 Å². The van der Waals surface area contributed by atoms with E-state index in [1.165, 1.54) is 141 Å². The summed E-state index contributed by atoms with van der Waals surface area (Å²) >= 11 is 0. The van der Waals surface area contributed by atoms with E-state index in [4.69, 9.17) is 0 Å². The molecule has 0 fully saturated rings. The van der Waals surface area contributed by atoms with E-state index in [1.807, 2.05) is 0 Å². The lowest BCUT2D eigenvalue weighted by molar-refractivity contribution is 0.271. The predicted octanol–water partition coefficient (Wildman–Crippen LogP) is 11.5. The van der Waals surface area contributed by atoms with E-state index in [2.05, 4.69) is 40.0 Å². The molecule has 192 valence electrons. The van der Waals surface area contributed by atoms with Crippen molar-refractivity contribution in [3.63, 3.8) is 0 Å². The highest BCUT2D eigenvalue weighted by atomic mass is 28.4. The average molecular weight is 483 g/mol. The van der Waals surface area contributed by atoms with Crippen LogP contribution in [-0.4, -0.2) is 21.2 Å². The van der Waals surface area contributed by atoms with Crippen molar-refractivity contribution in [2.45, 2.75) is 181 Å². The molecule has 0 aromatic carbocycles. The second kappa shape index (κ2) is 20.5. The van der Waals surface area contributed by atoms with Crippen molar-refractivity contribution in [3.05, 3.63) is 0 Å². The van der Waals surface area contributed by atoms with Gasteiger partial charge in [0.05, 0.1) is 5.03 Å². The Morgan fingerprint density at radius 1 is 0.406 bits per heavy atom. The molecule has 0 aromatic heterocycles. The molecule has 0 heterocycles. The van der Waals surface area contributed by atoms with Crippen molar-refractivity contribution in [2.24, 2.45) is 0 Å². The molecular weight excluding hydrogens is 420 g/mol. The van der Waals surface area contributed by atoms with E-state index >= 15 is 0 Å². The molecule has 0 aliphatic carbocycles. The molecule has 0 amide bonds. The van der Waals surface area contributed by atoms with Crippen LogP contribution in [0.25, 0.3) is 0 Å². The van der Waals surface area contributed by atoms with Crippen LogP contribution in [0.2, 0.25) is 38.3 Å². The quantitative estimate of drug-likeness (QED) is 0.0986. The minimum absolute atomic E-state index is 0.775. The summed E-state index contributed by atoms with van der Waals surface area (Å²) in [7, 11) is -3.41. The second-order valence-corrected chi connectivity index (χ2v) is 21.9. The first-order chi connectivity index (χ1) is 15.3. The summed E-state index contributed by atoms with van der Waals surface area (Å²) in [6, 6.07) is 2.47. The fourth-order valence-electron chi connectivity index (χ4n) is 5.25. The van der Waals surface area contributed by atoms with Crippen molar-refractivity contribution in [2.75, 3.05) is 0 Å². The van der Waals surface area contributed by atoms with Gasteiger partial charge >= 0.3 is 0 Å². The largest absolute Gasteiger partial charge is 0.311 e. The third-order valence-electron chi connectivity index (χ3n) is 7.54. The van der Waals surface area contributed by atoms with Gasteiger partial charge in [0.25, 0.3) is 0 Å². The van der Waals surface area contributed by atoms with E-state index < -0.39 is 16.1 Å². The molecule has 32 heavy (non-hydrogen) atoms. The molecule has 3 heteroatoms. The fraction of sp³-hybridized carbons (Fsp3) is 0.966. The van der Waals surface area contributed by atoms with Crippen LogP contribution in [0.4, 0.5) is 4.79 Å². The Labute approximate surface area is 206 Å². The van der Waals surface area contributed by atoms with Crippen LogP contribution in [-0.2, 0) is 0 Å². The molecule has 0 atom stereocenters. The summed E-state index contributed by atoms with van der Waals surface area (Å²) in [6.07, 6.45) is 27.8. The summed E-state index contributed by atoms with van der Waals surface area (Å²) in [5, 5.41) is 0.775. The summed E-state index contributed by atoms with van der Waals surface area (Å²) in [5.74, 6) is 0. The van der Waals surface area contributed by atoms with Crippen LogP contribution < -0.4 is 0 Å². The molecular formula is C29H62OSi2. The monoisotopic (exact) mass is 482 g/mol. The van der Waals surface area contributed by atoms with Crippen molar-refractivity contribution in [3.8, 4) is 0 Å². The molecule has 0 N–H and O–H groups in total. The number of hydrogen-bond donors (Lipinski definition) is 0. The highest BCUT2D eigenvalue weighted by molar-refractivity contribution is 7.31. The van der Waals surface area contributed by atoms with Gasteiger partial charge < -0.3 is 4.79 Å². The van der Waals surface area contributed by atoms with E-state index in [0.29, 0.717) is 0 Å². The SMILES string of the molecule is CCCCCCCCCCCC[Si](C)(C)C(=O)[Si](C)(C)CCCCCCCCCCCC. The van der Waals surface area contributed by atoms with Crippen LogP contribution in [0.1, 0.15) is 142 Å². The Balaban J connectivity index is 3.86. The fourth-order valence-corrected chi connectivity index (χ4v) is 16.1. The van der Waals surface area contributed by atoms with Crippen molar-refractivity contribution < 1.29 is 4.79 Å². The molecule has 0 bridgehead atoms. The molecule has 0 rings (SSSR count). The van der Waals surface area contributed by atoms with Gasteiger partial charge in [-0.05, 0) is 0 Å². The summed E-state index contributed by atoms with van der Waals surface area (Å²) < 4.78 is 0. The third kappa shape index (κ3) is 17.6. The summed E-state index contributed by atoms with van der Waals surface area (Å²) in [5.41, 5.74) is 0. The minimum atomic E-state index is -1.71. The summed E-state index contributed by atoms with van der Waals surface area (Å²) in [6.45, 7) is 14.1. The number of unbranched alkanes of at least 4 members (excludes halogenated alkanes) is 18. The highest BCUT2D eigenvalue weighted by Gasteiger charge is 2.40. The zero-order chi connectivity index (χ0) is 24.1. The Morgan fingerprint density at radius 2 is 0.625 bits per heavy atom. The third-order valence-corrected chi connectivity index (χ3v) is 17.3. The highest BCUT2D eigenvalue weighted by Crippen LogP contribution is 2.27. The maximum absolute atomic E-state index is 13.4. The number of carbonyl (C=O) groups is 1. The molecule has 1 nitrogen and oxygen atoms in total. The van der Waals surface area contributed by atoms with Gasteiger partial charge in [-0.3, -0.25) is 0 Å². The smallest absolute Gasteiger partial charge is 0.120 e. The Kier molecular flexibility index (Phi) is 20.5. The molecule has 0 aromatic rings. The number of rotatable bonds is 24. The molecule has 0 spiro atoms. The molecule has 0 aliphatic heterocycles. The lowest BCUT2D eigenvalue weighted by Gasteiger charge is -2.31. The first-order valence-corrected chi connectivity index (χ1v) is 21.2. The normalized spacial score (nSPS) is 12.4. The minimum Gasteiger partial charge on any atom is -0.311 e. The van der Waals surface area contributed by atoms with Crippen LogP contribution in [0.5, 0.6) is 0 Å². The first kappa shape index (κ1) is 32.1. The molecule has 0 radical (unpaired) electrons.